The molecule has 3 N–H and O–H groups in total. The maximum absolute atomic E-state index is 11.9. The van der Waals surface area contributed by atoms with Crippen LogP contribution < -0.4 is 75.1 Å². The van der Waals surface area contributed by atoms with Crippen molar-refractivity contribution in [3.8, 4) is 82.9 Å². The Labute approximate surface area is 294 Å². The van der Waals surface area contributed by atoms with Gasteiger partial charge in [0.25, 0.3) is 0 Å². The van der Waals surface area contributed by atoms with Gasteiger partial charge in [0, 0.05) is 30.9 Å². The first kappa shape index (κ1) is 44.0. The summed E-state index contributed by atoms with van der Waals surface area (Å²) in [5, 5.41) is 0. The second-order valence-electron chi connectivity index (χ2n) is 6.49. The van der Waals surface area contributed by atoms with Crippen LogP contribution in [0.4, 0.5) is 0 Å². The van der Waals surface area contributed by atoms with E-state index in [9.17, 15) is 23.9 Å². The molecule has 0 aliphatic rings. The molecule has 0 rings (SSSR count). The van der Waals surface area contributed by atoms with Gasteiger partial charge in [-0.05, 0) is 84.4 Å². The number of hydrogen-bond donors (Lipinski definition) is 1. The number of rotatable bonds is 12. The Bertz CT molecular complexity index is 1290. The number of unbranched alkanes of at least 4 members (excludes halogenated alkanes) is 4. The van der Waals surface area contributed by atoms with Crippen LogP contribution in [0.3, 0.4) is 0 Å². The molecule has 0 aliphatic carbocycles. The van der Waals surface area contributed by atoms with Crippen LogP contribution in [0.25, 0.3) is 0 Å². The van der Waals surface area contributed by atoms with Crippen molar-refractivity contribution >= 4 is 19.8 Å². The fraction of sp³-hybridized carbons (Fsp3) is 0.407. The molecule has 0 radical (unpaired) electrons. The van der Waals surface area contributed by atoms with E-state index in [1.54, 1.807) is 6.92 Å². The van der Waals surface area contributed by atoms with E-state index in [1.165, 1.54) is 0 Å². The fourth-order valence-corrected chi connectivity index (χ4v) is 2.42. The first-order valence-corrected chi connectivity index (χ1v) is 12.2. The van der Waals surface area contributed by atoms with Crippen LogP contribution >= 0.6 is 7.82 Å². The van der Waals surface area contributed by atoms with Crippen molar-refractivity contribution in [2.45, 2.75) is 58.5 Å². The van der Waals surface area contributed by atoms with Gasteiger partial charge >= 0.3 is 71.1 Å². The number of hydrogen-bond acceptors (Lipinski definition) is 9. The predicted octanol–water partition coefficient (Wildman–Crippen LogP) is -1.94. The van der Waals surface area contributed by atoms with Crippen LogP contribution in [-0.4, -0.2) is 31.3 Å². The van der Waals surface area contributed by atoms with Crippen molar-refractivity contribution in [2.24, 2.45) is 0 Å². The zero-order valence-corrected chi connectivity index (χ0v) is 27.5. The second kappa shape index (κ2) is 30.5. The SMILES string of the molecule is CC#CC#CC#CC#CC#CC#CC#CC(=O)OC[C@@H](COP(=O)([O-])[O-])OC(=O)CCCCCCC.N.[HH].[HH].[HH].[HH].[HH].[HH].[HH].[HH].[HH].[HH].[HH].[HH].[HH].[Na+].[Na+]. The van der Waals surface area contributed by atoms with E-state index in [2.05, 4.69) is 94.3 Å². The summed E-state index contributed by atoms with van der Waals surface area (Å²) in [5.41, 5.74) is 0. The Kier molecular flexibility index (Phi) is 34.4. The predicted molar refractivity (Wildman–Crippen MR) is 160 cm³/mol. The molecule has 9 nitrogen and oxygen atoms in total. The number of carbonyl (C=O) groups excluding carboxylic acids is 2. The smallest absolute Gasteiger partial charge is 0.790 e. The van der Waals surface area contributed by atoms with E-state index >= 15 is 0 Å². The Morgan fingerprint density at radius 2 is 1.28 bits per heavy atom. The molecule has 0 aromatic heterocycles. The maximum Gasteiger partial charge on any atom is 1.00 e. The number of esters is 2. The quantitative estimate of drug-likeness (QED) is 0.0676. The molecule has 0 saturated heterocycles. The van der Waals surface area contributed by atoms with Gasteiger partial charge in [-0.1, -0.05) is 38.5 Å². The minimum Gasteiger partial charge on any atom is -0.790 e. The van der Waals surface area contributed by atoms with Crippen LogP contribution in [0.2, 0.25) is 0 Å². The largest absolute Gasteiger partial charge is 1.00 e. The Morgan fingerprint density at radius 3 is 1.77 bits per heavy atom. The Morgan fingerprint density at radius 1 is 0.795 bits per heavy atom. The third-order valence-corrected chi connectivity index (χ3v) is 4.04. The summed E-state index contributed by atoms with van der Waals surface area (Å²) >= 11 is 0. The van der Waals surface area contributed by atoms with Gasteiger partial charge in [0.2, 0.25) is 0 Å². The van der Waals surface area contributed by atoms with Crippen molar-refractivity contribution in [3.05, 3.63) is 0 Å². The van der Waals surface area contributed by atoms with Crippen LogP contribution in [0.15, 0.2) is 0 Å². The number of phosphoric acid groups is 1. The molecule has 0 fully saturated rings. The standard InChI is InChI=1S/C27H25O8P.H3N.2Na.13H2/c1-3-5-7-9-10-11-12-13-14-15-16-18-19-21-26(28)33-23-25(24-34-36(30,31)32)35-27(29)22-20-17-8-6-4-2;;;;;;;;;;;;;;;;/h25H,4,6,8,17,20,22-24H2,1-2H3,(H2,30,31,32);1H3;;;13*1H/q;;2*+1;;;;;;;;;;;;;/p-2/t25-;;;;;;;;;;;;;;;;/m0................/s1. The summed E-state index contributed by atoms with van der Waals surface area (Å²) in [6, 6.07) is 0. The molecule has 0 spiro atoms. The first-order valence-electron chi connectivity index (χ1n) is 10.7. The van der Waals surface area contributed by atoms with Crippen LogP contribution in [0.1, 0.15) is 70.9 Å². The van der Waals surface area contributed by atoms with Gasteiger partial charge < -0.3 is 34.5 Å². The van der Waals surface area contributed by atoms with Gasteiger partial charge in [0.05, 0.1) is 14.4 Å². The molecule has 0 amide bonds. The zero-order valence-electron chi connectivity index (χ0n) is 22.7. The molecule has 0 aromatic rings. The Balaban J connectivity index is -0.0000000510. The fourth-order valence-electron chi connectivity index (χ4n) is 2.07. The average Bonchev–Trinajstić information content (AvgIpc) is 2.83. The summed E-state index contributed by atoms with van der Waals surface area (Å²) in [7, 11) is -5.31. The van der Waals surface area contributed by atoms with Gasteiger partial charge in [0.1, 0.15) is 6.61 Å². The Hall–Kier alpha value is -2.07. The van der Waals surface area contributed by atoms with Gasteiger partial charge in [-0.2, -0.15) is 0 Å². The molecule has 0 aliphatic heterocycles. The maximum atomic E-state index is 11.9. The molecule has 0 bridgehead atoms. The van der Waals surface area contributed by atoms with Crippen molar-refractivity contribution in [3.63, 3.8) is 0 Å². The van der Waals surface area contributed by atoms with E-state index in [1.807, 2.05) is 0 Å². The van der Waals surface area contributed by atoms with E-state index < -0.39 is 39.1 Å². The van der Waals surface area contributed by atoms with E-state index in [0.717, 1.165) is 25.7 Å². The van der Waals surface area contributed by atoms with Crippen molar-refractivity contribution in [1.29, 1.82) is 0 Å². The third kappa shape index (κ3) is 33.9. The third-order valence-electron chi connectivity index (χ3n) is 3.58. The molecule has 0 saturated carbocycles. The molecular weight excluding hydrogens is 543 g/mol. The van der Waals surface area contributed by atoms with Crippen molar-refractivity contribution in [1.82, 2.24) is 6.15 Å². The number of carbonyl (C=O) groups is 2. The molecule has 0 heterocycles. The summed E-state index contributed by atoms with van der Waals surface area (Å²) in [4.78, 5) is 45.0. The topological polar surface area (TPSA) is 160 Å². The van der Waals surface area contributed by atoms with Gasteiger partial charge in [-0.25, -0.2) is 4.79 Å². The number of ether oxygens (including phenoxy) is 2. The normalized spacial score (nSPS) is 8.62. The molecule has 220 valence electrons. The monoisotopic (exact) mass is 595 g/mol. The minimum atomic E-state index is -5.31. The minimum absolute atomic E-state index is 0. The molecule has 1 atom stereocenters. The molecule has 0 aromatic carbocycles. The summed E-state index contributed by atoms with van der Waals surface area (Å²) in [5.74, 6) is 31.8. The van der Waals surface area contributed by atoms with Crippen molar-refractivity contribution < 1.29 is 116 Å². The van der Waals surface area contributed by atoms with Crippen LogP contribution in [-0.2, 0) is 28.2 Å². The zero-order chi connectivity index (χ0) is 26.9. The van der Waals surface area contributed by atoms with Gasteiger partial charge in [-0.3, -0.25) is 4.79 Å². The molecule has 39 heavy (non-hydrogen) atoms. The molecule has 0 unspecified atom stereocenters. The molecule has 12 heteroatoms. The first-order chi connectivity index (χ1) is 17.3. The molecular formula is C27H52NNa2O8P. The second-order valence-corrected chi connectivity index (χ2v) is 7.65. The number of phosphoric ester groups is 1. The van der Waals surface area contributed by atoms with Crippen LogP contribution in [0, 0.1) is 82.9 Å². The van der Waals surface area contributed by atoms with Crippen LogP contribution in [0.5, 0.6) is 0 Å². The van der Waals surface area contributed by atoms with E-state index in [4.69, 9.17) is 9.47 Å². The van der Waals surface area contributed by atoms with Crippen molar-refractivity contribution in [2.75, 3.05) is 13.2 Å². The van der Waals surface area contributed by atoms with Gasteiger partial charge in [-0.15, -0.1) is 0 Å². The summed E-state index contributed by atoms with van der Waals surface area (Å²) < 4.78 is 24.7. The summed E-state index contributed by atoms with van der Waals surface area (Å²) in [6.45, 7) is 2.37. The van der Waals surface area contributed by atoms with E-state index in [-0.39, 0.29) is 90.2 Å². The average molecular weight is 596 g/mol. The summed E-state index contributed by atoms with van der Waals surface area (Å²) in [6.07, 6.45) is 3.30. The van der Waals surface area contributed by atoms with E-state index in [0.29, 0.717) is 6.42 Å². The van der Waals surface area contributed by atoms with Gasteiger partial charge in [0.15, 0.2) is 6.10 Å².